The molecule has 30 heavy (non-hydrogen) atoms. The van der Waals surface area contributed by atoms with Crippen molar-refractivity contribution in [3.8, 4) is 0 Å². The first kappa shape index (κ1) is 20.5. The van der Waals surface area contributed by atoms with Crippen molar-refractivity contribution >= 4 is 28.3 Å². The molecular formula is C21H17ClF2N2O4. The smallest absolute Gasteiger partial charge is 0.256 e. The quantitative estimate of drug-likeness (QED) is 0.663. The van der Waals surface area contributed by atoms with Crippen molar-refractivity contribution in [3.05, 3.63) is 80.2 Å². The number of carbonyl (C=O) groups excluding carboxylic acids is 1. The SMILES string of the molecule is CN(C(=O)[C@@H](O)c1cccc(Cl)c1)[C@@H]1COCc2[nH]c(=O)c3cc(F)c(F)cc3c21. The zero-order valence-electron chi connectivity index (χ0n) is 15.8. The highest BCUT2D eigenvalue weighted by molar-refractivity contribution is 6.30. The van der Waals surface area contributed by atoms with E-state index in [9.17, 15) is 23.5 Å². The zero-order valence-corrected chi connectivity index (χ0v) is 16.5. The number of aromatic nitrogens is 1. The summed E-state index contributed by atoms with van der Waals surface area (Å²) in [7, 11) is 1.47. The Hall–Kier alpha value is -2.81. The van der Waals surface area contributed by atoms with Crippen molar-refractivity contribution in [1.82, 2.24) is 9.88 Å². The van der Waals surface area contributed by atoms with Crippen molar-refractivity contribution in [2.75, 3.05) is 13.7 Å². The molecule has 0 saturated carbocycles. The minimum absolute atomic E-state index is 0.0317. The molecule has 1 aliphatic rings. The largest absolute Gasteiger partial charge is 0.378 e. The topological polar surface area (TPSA) is 82.6 Å². The van der Waals surface area contributed by atoms with Gasteiger partial charge in [0.1, 0.15) is 0 Å². The number of fused-ring (bicyclic) bond motifs is 3. The molecule has 2 aromatic carbocycles. The van der Waals surface area contributed by atoms with Gasteiger partial charge in [-0.1, -0.05) is 23.7 Å². The number of benzene rings is 2. The Balaban J connectivity index is 1.78. The Morgan fingerprint density at radius 1 is 1.27 bits per heavy atom. The van der Waals surface area contributed by atoms with Gasteiger partial charge in [-0.15, -0.1) is 0 Å². The van der Waals surface area contributed by atoms with Crippen molar-refractivity contribution in [1.29, 1.82) is 0 Å². The van der Waals surface area contributed by atoms with Crippen molar-refractivity contribution in [2.45, 2.75) is 18.8 Å². The highest BCUT2D eigenvalue weighted by Crippen LogP contribution is 2.34. The van der Waals surface area contributed by atoms with E-state index in [0.717, 1.165) is 12.1 Å². The summed E-state index contributed by atoms with van der Waals surface area (Å²) in [6.45, 7) is 0.104. The highest BCUT2D eigenvalue weighted by atomic mass is 35.5. The first-order valence-corrected chi connectivity index (χ1v) is 9.47. The minimum atomic E-state index is -1.48. The average molecular weight is 435 g/mol. The van der Waals surface area contributed by atoms with Gasteiger partial charge in [-0.3, -0.25) is 9.59 Å². The molecule has 0 unspecified atom stereocenters. The van der Waals surface area contributed by atoms with Gasteiger partial charge in [0.15, 0.2) is 17.7 Å². The summed E-state index contributed by atoms with van der Waals surface area (Å²) in [5.74, 6) is -2.88. The van der Waals surface area contributed by atoms with Crippen LogP contribution in [0.15, 0.2) is 41.2 Å². The maximum Gasteiger partial charge on any atom is 0.256 e. The van der Waals surface area contributed by atoms with Crippen LogP contribution in [0, 0.1) is 11.6 Å². The van der Waals surface area contributed by atoms with E-state index in [2.05, 4.69) is 4.98 Å². The number of H-pyrrole nitrogens is 1. The molecule has 1 aliphatic heterocycles. The van der Waals surface area contributed by atoms with Gasteiger partial charge in [-0.25, -0.2) is 8.78 Å². The first-order chi connectivity index (χ1) is 14.3. The number of amides is 1. The number of hydrogen-bond acceptors (Lipinski definition) is 4. The number of hydrogen-bond donors (Lipinski definition) is 2. The number of pyridine rings is 1. The number of carbonyl (C=O) groups is 1. The van der Waals surface area contributed by atoms with Gasteiger partial charge in [0, 0.05) is 23.3 Å². The molecule has 2 atom stereocenters. The van der Waals surface area contributed by atoms with Gasteiger partial charge in [0.05, 0.1) is 24.6 Å². The van der Waals surface area contributed by atoms with Crippen LogP contribution in [0.5, 0.6) is 0 Å². The van der Waals surface area contributed by atoms with E-state index in [4.69, 9.17) is 16.3 Å². The summed E-state index contributed by atoms with van der Waals surface area (Å²) in [6.07, 6.45) is -1.48. The van der Waals surface area contributed by atoms with Gasteiger partial charge in [0.2, 0.25) is 0 Å². The summed E-state index contributed by atoms with van der Waals surface area (Å²) in [4.78, 5) is 29.2. The predicted octanol–water partition coefficient (Wildman–Crippen LogP) is 3.22. The van der Waals surface area contributed by atoms with Crippen molar-refractivity contribution in [2.24, 2.45) is 0 Å². The molecular weight excluding hydrogens is 418 g/mol. The molecule has 0 aliphatic carbocycles. The fraction of sp³-hybridized carbons (Fsp3) is 0.238. The molecule has 0 radical (unpaired) electrons. The van der Waals surface area contributed by atoms with Crippen LogP contribution in [0.1, 0.15) is 29.0 Å². The third kappa shape index (κ3) is 3.47. The first-order valence-electron chi connectivity index (χ1n) is 9.09. The summed E-state index contributed by atoms with van der Waals surface area (Å²) < 4.78 is 33.2. The molecule has 0 saturated heterocycles. The van der Waals surface area contributed by atoms with Gasteiger partial charge in [0.25, 0.3) is 11.5 Å². The van der Waals surface area contributed by atoms with E-state index >= 15 is 0 Å². The molecule has 0 spiro atoms. The van der Waals surface area contributed by atoms with Gasteiger partial charge >= 0.3 is 0 Å². The second-order valence-corrected chi connectivity index (χ2v) is 7.53. The molecule has 0 bridgehead atoms. The predicted molar refractivity (Wildman–Crippen MR) is 106 cm³/mol. The fourth-order valence-corrected chi connectivity index (χ4v) is 3.91. The lowest BCUT2D eigenvalue weighted by atomic mass is 9.95. The number of rotatable bonds is 3. The lowest BCUT2D eigenvalue weighted by molar-refractivity contribution is -0.143. The van der Waals surface area contributed by atoms with Gasteiger partial charge in [-0.05, 0) is 35.2 Å². The zero-order chi connectivity index (χ0) is 21.6. The van der Waals surface area contributed by atoms with Crippen molar-refractivity contribution < 1.29 is 23.4 Å². The van der Waals surface area contributed by atoms with Crippen molar-refractivity contribution in [3.63, 3.8) is 0 Å². The second-order valence-electron chi connectivity index (χ2n) is 7.10. The van der Waals surface area contributed by atoms with Crippen LogP contribution in [-0.2, 0) is 16.1 Å². The number of aliphatic hydroxyl groups excluding tert-OH is 1. The maximum absolute atomic E-state index is 14.0. The van der Waals surface area contributed by atoms with E-state index in [1.165, 1.54) is 18.0 Å². The third-order valence-electron chi connectivity index (χ3n) is 5.25. The van der Waals surface area contributed by atoms with E-state index in [0.29, 0.717) is 21.8 Å². The van der Waals surface area contributed by atoms with Gasteiger partial charge in [-0.2, -0.15) is 0 Å². The average Bonchev–Trinajstić information content (AvgIpc) is 2.73. The minimum Gasteiger partial charge on any atom is -0.378 e. The lowest BCUT2D eigenvalue weighted by Gasteiger charge is -2.34. The number of ether oxygens (including phenoxy) is 1. The summed E-state index contributed by atoms with van der Waals surface area (Å²) >= 11 is 5.94. The number of aromatic amines is 1. The molecule has 6 nitrogen and oxygen atoms in total. The molecule has 2 N–H and O–H groups in total. The molecule has 9 heteroatoms. The van der Waals surface area contributed by atoms with Crippen LogP contribution < -0.4 is 5.56 Å². The van der Waals surface area contributed by atoms with Crippen LogP contribution in [0.25, 0.3) is 10.8 Å². The van der Waals surface area contributed by atoms with Crippen LogP contribution in [-0.4, -0.2) is 34.6 Å². The second kappa shape index (κ2) is 7.79. The van der Waals surface area contributed by atoms with E-state index in [1.807, 2.05) is 0 Å². The highest BCUT2D eigenvalue weighted by Gasteiger charge is 2.33. The Kier molecular flexibility index (Phi) is 5.31. The Bertz CT molecular complexity index is 1210. The number of nitrogens with one attached hydrogen (secondary N) is 1. The van der Waals surface area contributed by atoms with E-state index in [1.54, 1.807) is 18.2 Å². The fourth-order valence-electron chi connectivity index (χ4n) is 3.71. The Morgan fingerprint density at radius 2 is 1.97 bits per heavy atom. The number of aliphatic hydroxyl groups is 1. The molecule has 2 heterocycles. The van der Waals surface area contributed by atoms with Crippen LogP contribution in [0.3, 0.4) is 0 Å². The molecule has 4 rings (SSSR count). The lowest BCUT2D eigenvalue weighted by Crippen LogP contribution is -2.40. The normalized spacial score (nSPS) is 16.9. The summed E-state index contributed by atoms with van der Waals surface area (Å²) in [5, 5.41) is 11.1. The molecule has 0 fully saturated rings. The van der Waals surface area contributed by atoms with Crippen LogP contribution in [0.2, 0.25) is 5.02 Å². The number of halogens is 3. The third-order valence-corrected chi connectivity index (χ3v) is 5.49. The standard InChI is InChI=1S/C21H17ClF2N2O4/c1-26(21(29)19(27)10-3-2-4-11(22)5-10)17-9-30-8-16-18(17)12-6-14(23)15(24)7-13(12)20(28)25-16/h2-7,17,19,27H,8-9H2,1H3,(H,25,28)/t17-,19+/m1/s1. The molecule has 1 amide bonds. The van der Waals surface area contributed by atoms with Crippen LogP contribution >= 0.6 is 11.6 Å². The Morgan fingerprint density at radius 3 is 2.67 bits per heavy atom. The van der Waals surface area contributed by atoms with Crippen LogP contribution in [0.4, 0.5) is 8.78 Å². The van der Waals surface area contributed by atoms with E-state index < -0.39 is 35.2 Å². The maximum atomic E-state index is 14.0. The number of nitrogens with zero attached hydrogens (tertiary/aromatic N) is 1. The summed E-state index contributed by atoms with van der Waals surface area (Å²) in [5.41, 5.74) is 0.547. The molecule has 1 aromatic heterocycles. The monoisotopic (exact) mass is 434 g/mol. The molecule has 156 valence electrons. The van der Waals surface area contributed by atoms with E-state index in [-0.39, 0.29) is 24.0 Å². The molecule has 3 aromatic rings. The number of likely N-dealkylation sites (N-methyl/N-ethyl adjacent to an activating group) is 1. The Labute approximate surface area is 174 Å². The van der Waals surface area contributed by atoms with Gasteiger partial charge < -0.3 is 19.7 Å². The summed E-state index contributed by atoms with van der Waals surface area (Å²) in [6, 6.07) is 7.32.